The highest BCUT2D eigenvalue weighted by atomic mass is 19.2. The molecule has 0 bridgehead atoms. The first kappa shape index (κ1) is 13.9. The molecule has 0 amide bonds. The van der Waals surface area contributed by atoms with Crippen LogP contribution in [0.5, 0.6) is 0 Å². The van der Waals surface area contributed by atoms with E-state index < -0.39 is 17.5 Å². The Kier molecular flexibility index (Phi) is 3.85. The van der Waals surface area contributed by atoms with Crippen molar-refractivity contribution in [2.24, 2.45) is 5.92 Å². The van der Waals surface area contributed by atoms with Crippen molar-refractivity contribution in [1.82, 2.24) is 10.3 Å². The molecule has 2 N–H and O–H groups in total. The summed E-state index contributed by atoms with van der Waals surface area (Å²) in [5.74, 6) is -3.25. The number of rotatable bonds is 4. The Labute approximate surface area is 110 Å². The van der Waals surface area contributed by atoms with Crippen molar-refractivity contribution in [2.45, 2.75) is 27.3 Å². The first-order valence-electron chi connectivity index (χ1n) is 6.27. The highest BCUT2D eigenvalue weighted by Crippen LogP contribution is 2.28. The molecule has 1 heterocycles. The van der Waals surface area contributed by atoms with Crippen molar-refractivity contribution >= 4 is 10.9 Å². The number of aromatic amines is 1. The molecule has 0 aliphatic heterocycles. The average molecular weight is 270 g/mol. The lowest BCUT2D eigenvalue weighted by Gasteiger charge is -2.08. The second kappa shape index (κ2) is 5.25. The largest absolute Gasteiger partial charge is 0.358 e. The fourth-order valence-electron chi connectivity index (χ4n) is 2.16. The zero-order chi connectivity index (χ0) is 14.2. The van der Waals surface area contributed by atoms with Crippen molar-refractivity contribution in [3.05, 3.63) is 34.8 Å². The molecule has 0 spiro atoms. The van der Waals surface area contributed by atoms with Crippen LogP contribution >= 0.6 is 0 Å². The average Bonchev–Trinajstić information content (AvgIpc) is 2.62. The normalized spacial score (nSPS) is 11.7. The zero-order valence-electron chi connectivity index (χ0n) is 11.2. The number of hydrogen-bond donors (Lipinski definition) is 2. The summed E-state index contributed by atoms with van der Waals surface area (Å²) < 4.78 is 40.3. The lowest BCUT2D eigenvalue weighted by Crippen LogP contribution is -2.19. The molecule has 0 saturated heterocycles. The smallest absolute Gasteiger partial charge is 0.195 e. The van der Waals surface area contributed by atoms with Crippen LogP contribution in [0.3, 0.4) is 0 Å². The minimum atomic E-state index is -1.42. The van der Waals surface area contributed by atoms with E-state index in [-0.39, 0.29) is 10.9 Å². The Balaban J connectivity index is 2.43. The van der Waals surface area contributed by atoms with Gasteiger partial charge in [-0.25, -0.2) is 13.2 Å². The summed E-state index contributed by atoms with van der Waals surface area (Å²) in [6.07, 6.45) is 0. The Bertz CT molecular complexity index is 602. The molecule has 2 rings (SSSR count). The standard InChI is InChI=1S/C14H17F3N2/c1-7(2)5-18-6-9-8(3)19-11-4-10(15)13(16)14(17)12(9)11/h4,7,18-19H,5-6H2,1-3H3. The lowest BCUT2D eigenvalue weighted by molar-refractivity contribution is 0.453. The molecule has 0 fully saturated rings. The Morgan fingerprint density at radius 1 is 1.21 bits per heavy atom. The number of aromatic nitrogens is 1. The topological polar surface area (TPSA) is 27.8 Å². The fraction of sp³-hybridized carbons (Fsp3) is 0.429. The molecule has 0 atom stereocenters. The molecule has 0 saturated carbocycles. The molecule has 19 heavy (non-hydrogen) atoms. The molecule has 1 aromatic carbocycles. The van der Waals surface area contributed by atoms with Gasteiger partial charge in [0.05, 0.1) is 5.52 Å². The molecule has 0 unspecified atom stereocenters. The van der Waals surface area contributed by atoms with E-state index in [2.05, 4.69) is 24.1 Å². The SMILES string of the molecule is Cc1[nH]c2cc(F)c(F)c(F)c2c1CNCC(C)C. The van der Waals surface area contributed by atoms with E-state index in [1.807, 2.05) is 0 Å². The summed E-state index contributed by atoms with van der Waals surface area (Å²) in [6.45, 7) is 7.08. The van der Waals surface area contributed by atoms with Crippen LogP contribution in [-0.4, -0.2) is 11.5 Å². The molecule has 5 heteroatoms. The molecule has 1 aromatic heterocycles. The molecule has 104 valence electrons. The maximum absolute atomic E-state index is 13.9. The van der Waals surface area contributed by atoms with Crippen LogP contribution in [-0.2, 0) is 6.54 Å². The predicted octanol–water partition coefficient (Wildman–Crippen LogP) is 3.64. The molecule has 2 nitrogen and oxygen atoms in total. The molecule has 0 aliphatic rings. The van der Waals surface area contributed by atoms with Crippen LogP contribution in [0.1, 0.15) is 25.1 Å². The van der Waals surface area contributed by atoms with Crippen LogP contribution in [0.15, 0.2) is 6.07 Å². The van der Waals surface area contributed by atoms with Gasteiger partial charge in [0.2, 0.25) is 0 Å². The minimum Gasteiger partial charge on any atom is -0.358 e. The second-order valence-corrected chi connectivity index (χ2v) is 5.16. The van der Waals surface area contributed by atoms with Gasteiger partial charge in [-0.3, -0.25) is 0 Å². The summed E-state index contributed by atoms with van der Waals surface area (Å²) in [5, 5.41) is 3.31. The number of halogens is 3. The van der Waals surface area contributed by atoms with Gasteiger partial charge in [0.25, 0.3) is 0 Å². The van der Waals surface area contributed by atoms with Gasteiger partial charge in [-0.1, -0.05) is 13.8 Å². The summed E-state index contributed by atoms with van der Waals surface area (Å²) in [6, 6.07) is 0.993. The van der Waals surface area contributed by atoms with Crippen molar-refractivity contribution in [1.29, 1.82) is 0 Å². The van der Waals surface area contributed by atoms with Gasteiger partial charge in [-0.05, 0) is 24.9 Å². The van der Waals surface area contributed by atoms with E-state index in [1.54, 1.807) is 6.92 Å². The van der Waals surface area contributed by atoms with E-state index >= 15 is 0 Å². The Hall–Kier alpha value is -1.49. The highest BCUT2D eigenvalue weighted by Gasteiger charge is 2.19. The number of aryl methyl sites for hydroxylation is 1. The molecule has 2 aromatic rings. The zero-order valence-corrected chi connectivity index (χ0v) is 11.2. The number of benzene rings is 1. The van der Waals surface area contributed by atoms with Crippen molar-refractivity contribution < 1.29 is 13.2 Å². The van der Waals surface area contributed by atoms with Crippen molar-refractivity contribution in [3.63, 3.8) is 0 Å². The fourth-order valence-corrected chi connectivity index (χ4v) is 2.16. The highest BCUT2D eigenvalue weighted by molar-refractivity contribution is 5.85. The third-order valence-corrected chi connectivity index (χ3v) is 3.09. The first-order valence-corrected chi connectivity index (χ1v) is 6.27. The monoisotopic (exact) mass is 270 g/mol. The van der Waals surface area contributed by atoms with E-state index in [0.29, 0.717) is 18.0 Å². The van der Waals surface area contributed by atoms with Gasteiger partial charge in [0.1, 0.15) is 0 Å². The quantitative estimate of drug-likeness (QED) is 0.816. The van der Waals surface area contributed by atoms with E-state index in [1.165, 1.54) is 0 Å². The number of fused-ring (bicyclic) bond motifs is 1. The summed E-state index contributed by atoms with van der Waals surface area (Å²) >= 11 is 0. The molecule has 0 radical (unpaired) electrons. The van der Waals surface area contributed by atoms with E-state index in [4.69, 9.17) is 0 Å². The van der Waals surface area contributed by atoms with Gasteiger partial charge < -0.3 is 10.3 Å². The van der Waals surface area contributed by atoms with Gasteiger partial charge >= 0.3 is 0 Å². The molecular weight excluding hydrogens is 253 g/mol. The van der Waals surface area contributed by atoms with Gasteiger partial charge in [-0.2, -0.15) is 0 Å². The summed E-state index contributed by atoms with van der Waals surface area (Å²) in [4.78, 5) is 2.89. The van der Waals surface area contributed by atoms with Crippen LogP contribution in [0.25, 0.3) is 10.9 Å². The van der Waals surface area contributed by atoms with Crippen LogP contribution in [0.2, 0.25) is 0 Å². The van der Waals surface area contributed by atoms with Crippen molar-refractivity contribution in [3.8, 4) is 0 Å². The third-order valence-electron chi connectivity index (χ3n) is 3.09. The van der Waals surface area contributed by atoms with Gasteiger partial charge in [0.15, 0.2) is 17.5 Å². The third kappa shape index (κ3) is 2.61. The summed E-state index contributed by atoms with van der Waals surface area (Å²) in [7, 11) is 0. The van der Waals surface area contributed by atoms with Crippen molar-refractivity contribution in [2.75, 3.05) is 6.54 Å². The summed E-state index contributed by atoms with van der Waals surface area (Å²) in [5.41, 5.74) is 1.65. The van der Waals surface area contributed by atoms with Crippen LogP contribution < -0.4 is 5.32 Å². The van der Waals surface area contributed by atoms with Gasteiger partial charge in [-0.15, -0.1) is 0 Å². The van der Waals surface area contributed by atoms with Crippen LogP contribution in [0, 0.1) is 30.3 Å². The van der Waals surface area contributed by atoms with E-state index in [9.17, 15) is 13.2 Å². The Morgan fingerprint density at radius 3 is 2.53 bits per heavy atom. The first-order chi connectivity index (χ1) is 8.91. The lowest BCUT2D eigenvalue weighted by atomic mass is 10.1. The maximum atomic E-state index is 13.9. The molecular formula is C14H17F3N2. The molecule has 0 aliphatic carbocycles. The second-order valence-electron chi connectivity index (χ2n) is 5.16. The van der Waals surface area contributed by atoms with E-state index in [0.717, 1.165) is 18.3 Å². The number of nitrogens with one attached hydrogen (secondary N) is 2. The van der Waals surface area contributed by atoms with Crippen LogP contribution in [0.4, 0.5) is 13.2 Å². The number of H-pyrrole nitrogens is 1. The van der Waals surface area contributed by atoms with Gasteiger partial charge in [0, 0.05) is 23.7 Å². The number of hydrogen-bond acceptors (Lipinski definition) is 1. The Morgan fingerprint density at radius 2 is 1.89 bits per heavy atom. The maximum Gasteiger partial charge on any atom is 0.195 e. The predicted molar refractivity (Wildman–Crippen MR) is 69.5 cm³/mol. The minimum absolute atomic E-state index is 0.132.